The highest BCUT2D eigenvalue weighted by Gasteiger charge is 2.05. The predicted molar refractivity (Wildman–Crippen MR) is 60.6 cm³/mol. The van der Waals surface area contributed by atoms with Crippen LogP contribution < -0.4 is 0 Å². The average molecular weight is 196 g/mol. The molecule has 0 atom stereocenters. The van der Waals surface area contributed by atoms with Gasteiger partial charge in [-0.05, 0) is 30.5 Å². The standard InChI is InChI=1S/C13H12N2/c1-3-10-5-4-6-12-9(2)7-11(8-14)15-13(10)12/h4-7H,3H2,1-2H3. The van der Waals surface area contributed by atoms with E-state index in [1.807, 2.05) is 19.1 Å². The minimum absolute atomic E-state index is 0.501. The van der Waals surface area contributed by atoms with Gasteiger partial charge in [-0.15, -0.1) is 0 Å². The van der Waals surface area contributed by atoms with E-state index < -0.39 is 0 Å². The summed E-state index contributed by atoms with van der Waals surface area (Å²) in [5.41, 5.74) is 3.79. The van der Waals surface area contributed by atoms with E-state index in [-0.39, 0.29) is 0 Å². The quantitative estimate of drug-likeness (QED) is 0.703. The molecule has 1 aromatic heterocycles. The Kier molecular flexibility index (Phi) is 2.39. The summed E-state index contributed by atoms with van der Waals surface area (Å²) in [4.78, 5) is 4.36. The van der Waals surface area contributed by atoms with Crippen molar-refractivity contribution in [1.82, 2.24) is 4.98 Å². The molecule has 0 spiro atoms. The minimum atomic E-state index is 0.501. The van der Waals surface area contributed by atoms with Gasteiger partial charge in [0.2, 0.25) is 0 Å². The van der Waals surface area contributed by atoms with Crippen LogP contribution in [0.3, 0.4) is 0 Å². The van der Waals surface area contributed by atoms with Gasteiger partial charge in [0.05, 0.1) is 5.52 Å². The molecular formula is C13H12N2. The lowest BCUT2D eigenvalue weighted by Gasteiger charge is -2.06. The third-order valence-electron chi connectivity index (χ3n) is 2.63. The van der Waals surface area contributed by atoms with Gasteiger partial charge in [-0.1, -0.05) is 25.1 Å². The molecule has 0 saturated carbocycles. The molecule has 0 aliphatic rings. The Bertz CT molecular complexity index is 550. The third-order valence-corrected chi connectivity index (χ3v) is 2.63. The number of hydrogen-bond acceptors (Lipinski definition) is 2. The van der Waals surface area contributed by atoms with Gasteiger partial charge in [0.15, 0.2) is 0 Å². The molecule has 0 saturated heterocycles. The van der Waals surface area contributed by atoms with Crippen molar-refractivity contribution in [2.75, 3.05) is 0 Å². The Balaban J connectivity index is 2.87. The fourth-order valence-electron chi connectivity index (χ4n) is 1.82. The number of aromatic nitrogens is 1. The van der Waals surface area contributed by atoms with Gasteiger partial charge in [0, 0.05) is 5.39 Å². The van der Waals surface area contributed by atoms with Gasteiger partial charge < -0.3 is 0 Å². The molecule has 0 fully saturated rings. The van der Waals surface area contributed by atoms with Gasteiger partial charge in [0.1, 0.15) is 11.8 Å². The second kappa shape index (κ2) is 3.70. The van der Waals surface area contributed by atoms with Crippen LogP contribution in [0.5, 0.6) is 0 Å². The molecule has 0 aliphatic heterocycles. The molecule has 1 heterocycles. The SMILES string of the molecule is CCc1cccc2c(C)cc(C#N)nc12. The Morgan fingerprint density at radius 1 is 1.40 bits per heavy atom. The van der Waals surface area contributed by atoms with E-state index in [0.29, 0.717) is 5.69 Å². The summed E-state index contributed by atoms with van der Waals surface area (Å²) in [7, 11) is 0. The van der Waals surface area contributed by atoms with Crippen LogP contribution in [0.15, 0.2) is 24.3 Å². The van der Waals surface area contributed by atoms with Crippen LogP contribution in [0, 0.1) is 18.3 Å². The monoisotopic (exact) mass is 196 g/mol. The molecule has 74 valence electrons. The Hall–Kier alpha value is -1.88. The fourth-order valence-corrected chi connectivity index (χ4v) is 1.82. The van der Waals surface area contributed by atoms with Crippen molar-refractivity contribution in [1.29, 1.82) is 5.26 Å². The van der Waals surface area contributed by atoms with Crippen molar-refractivity contribution in [2.45, 2.75) is 20.3 Å². The number of nitriles is 1. The first-order chi connectivity index (χ1) is 7.26. The summed E-state index contributed by atoms with van der Waals surface area (Å²) in [5, 5.41) is 10.0. The van der Waals surface area contributed by atoms with E-state index in [1.165, 1.54) is 5.56 Å². The molecule has 0 radical (unpaired) electrons. The van der Waals surface area contributed by atoms with E-state index in [9.17, 15) is 0 Å². The van der Waals surface area contributed by atoms with Crippen molar-refractivity contribution in [3.63, 3.8) is 0 Å². The number of benzene rings is 1. The zero-order valence-corrected chi connectivity index (χ0v) is 8.91. The van der Waals surface area contributed by atoms with E-state index in [1.54, 1.807) is 0 Å². The zero-order valence-electron chi connectivity index (χ0n) is 8.91. The summed E-state index contributed by atoms with van der Waals surface area (Å²) in [6, 6.07) is 10.1. The Labute approximate surface area is 89.2 Å². The average Bonchev–Trinajstić information content (AvgIpc) is 2.28. The Morgan fingerprint density at radius 3 is 2.87 bits per heavy atom. The summed E-state index contributed by atoms with van der Waals surface area (Å²) in [6.07, 6.45) is 0.943. The molecule has 0 unspecified atom stereocenters. The van der Waals surface area contributed by atoms with E-state index in [4.69, 9.17) is 5.26 Å². The number of hydrogen-bond donors (Lipinski definition) is 0. The molecule has 15 heavy (non-hydrogen) atoms. The number of para-hydroxylation sites is 1. The number of pyridine rings is 1. The molecule has 2 nitrogen and oxygen atoms in total. The number of aryl methyl sites for hydroxylation is 2. The maximum absolute atomic E-state index is 8.87. The van der Waals surface area contributed by atoms with Crippen molar-refractivity contribution in [2.24, 2.45) is 0 Å². The molecule has 2 rings (SSSR count). The largest absolute Gasteiger partial charge is 0.237 e. The van der Waals surface area contributed by atoms with Crippen LogP contribution in [-0.2, 0) is 6.42 Å². The maximum atomic E-state index is 8.87. The predicted octanol–water partition coefficient (Wildman–Crippen LogP) is 2.98. The highest BCUT2D eigenvalue weighted by atomic mass is 14.7. The molecule has 2 aromatic rings. The van der Waals surface area contributed by atoms with Crippen LogP contribution in [0.1, 0.15) is 23.7 Å². The van der Waals surface area contributed by atoms with Gasteiger partial charge in [-0.3, -0.25) is 0 Å². The van der Waals surface area contributed by atoms with Gasteiger partial charge in [-0.2, -0.15) is 5.26 Å². The van der Waals surface area contributed by atoms with Crippen LogP contribution in [0.4, 0.5) is 0 Å². The molecule has 1 aromatic carbocycles. The summed E-state index contributed by atoms with van der Waals surface area (Å²) in [5.74, 6) is 0. The number of rotatable bonds is 1. The van der Waals surface area contributed by atoms with Gasteiger partial charge in [-0.25, -0.2) is 4.98 Å². The number of nitrogens with zero attached hydrogens (tertiary/aromatic N) is 2. The molecule has 0 aliphatic carbocycles. The summed E-state index contributed by atoms with van der Waals surface area (Å²) < 4.78 is 0. The normalized spacial score (nSPS) is 10.2. The van der Waals surface area contributed by atoms with E-state index in [2.05, 4.69) is 30.1 Å². The van der Waals surface area contributed by atoms with Gasteiger partial charge >= 0.3 is 0 Å². The lowest BCUT2D eigenvalue weighted by Crippen LogP contribution is -1.92. The minimum Gasteiger partial charge on any atom is -0.237 e. The summed E-state index contributed by atoms with van der Waals surface area (Å²) >= 11 is 0. The van der Waals surface area contributed by atoms with E-state index >= 15 is 0 Å². The lowest BCUT2D eigenvalue weighted by atomic mass is 10.0. The highest BCUT2D eigenvalue weighted by Crippen LogP contribution is 2.21. The van der Waals surface area contributed by atoms with Crippen molar-refractivity contribution >= 4 is 10.9 Å². The third kappa shape index (κ3) is 1.57. The van der Waals surface area contributed by atoms with Crippen LogP contribution in [-0.4, -0.2) is 4.98 Å². The smallest absolute Gasteiger partial charge is 0.141 e. The molecule has 0 bridgehead atoms. The maximum Gasteiger partial charge on any atom is 0.141 e. The second-order valence-electron chi connectivity index (χ2n) is 3.60. The van der Waals surface area contributed by atoms with Crippen molar-refractivity contribution in [3.8, 4) is 6.07 Å². The number of fused-ring (bicyclic) bond motifs is 1. The van der Waals surface area contributed by atoms with Gasteiger partial charge in [0.25, 0.3) is 0 Å². The first kappa shape index (κ1) is 9.67. The molecule has 0 N–H and O–H groups in total. The van der Waals surface area contributed by atoms with E-state index in [0.717, 1.165) is 22.9 Å². The topological polar surface area (TPSA) is 36.7 Å². The van der Waals surface area contributed by atoms with Crippen LogP contribution in [0.2, 0.25) is 0 Å². The molecule has 2 heteroatoms. The van der Waals surface area contributed by atoms with Crippen LogP contribution >= 0.6 is 0 Å². The fraction of sp³-hybridized carbons (Fsp3) is 0.231. The molecule has 0 amide bonds. The summed E-state index contributed by atoms with van der Waals surface area (Å²) in [6.45, 7) is 4.12. The second-order valence-corrected chi connectivity index (χ2v) is 3.60. The van der Waals surface area contributed by atoms with Crippen molar-refractivity contribution in [3.05, 3.63) is 41.1 Å². The Morgan fingerprint density at radius 2 is 2.20 bits per heavy atom. The highest BCUT2D eigenvalue weighted by molar-refractivity contribution is 5.85. The first-order valence-corrected chi connectivity index (χ1v) is 5.05. The first-order valence-electron chi connectivity index (χ1n) is 5.05. The van der Waals surface area contributed by atoms with Crippen molar-refractivity contribution < 1.29 is 0 Å². The lowest BCUT2D eigenvalue weighted by molar-refractivity contribution is 1.14. The molecular weight excluding hydrogens is 184 g/mol. The zero-order chi connectivity index (χ0) is 10.8. The van der Waals surface area contributed by atoms with Crippen LogP contribution in [0.25, 0.3) is 10.9 Å².